The van der Waals surface area contributed by atoms with Crippen molar-refractivity contribution in [1.82, 2.24) is 0 Å². The topological polar surface area (TPSA) is 57.6 Å². The van der Waals surface area contributed by atoms with E-state index in [0.717, 1.165) is 22.6 Å². The van der Waals surface area contributed by atoms with Crippen LogP contribution in [-0.2, 0) is 9.59 Å². The van der Waals surface area contributed by atoms with Gasteiger partial charge in [0.25, 0.3) is 5.91 Å². The van der Waals surface area contributed by atoms with Gasteiger partial charge in [-0.3, -0.25) is 14.5 Å². The number of amides is 1. The molecule has 136 valence electrons. The molecule has 7 heteroatoms. The first kappa shape index (κ1) is 18.3. The number of halogens is 2. The summed E-state index contributed by atoms with van der Waals surface area (Å²) in [7, 11) is 0. The highest BCUT2D eigenvalue weighted by molar-refractivity contribution is 7.10. The van der Waals surface area contributed by atoms with Crippen LogP contribution < -0.4 is 4.90 Å². The summed E-state index contributed by atoms with van der Waals surface area (Å²) in [5.41, 5.74) is 0.897. The Morgan fingerprint density at radius 1 is 1.23 bits per heavy atom. The Morgan fingerprint density at radius 3 is 2.46 bits per heavy atom. The maximum absolute atomic E-state index is 13.7. The number of hydrogen-bond donors (Lipinski definition) is 1. The van der Waals surface area contributed by atoms with Crippen molar-refractivity contribution in [2.75, 3.05) is 4.90 Å². The van der Waals surface area contributed by atoms with Crippen LogP contribution >= 0.6 is 11.3 Å². The van der Waals surface area contributed by atoms with Gasteiger partial charge in [0.2, 0.25) is 0 Å². The second-order valence-corrected chi connectivity index (χ2v) is 7.37. The molecule has 2 aromatic rings. The van der Waals surface area contributed by atoms with Crippen molar-refractivity contribution in [3.05, 3.63) is 63.1 Å². The molecule has 0 spiro atoms. The van der Waals surface area contributed by atoms with Crippen molar-refractivity contribution < 1.29 is 23.5 Å². The number of Topliss-reactive ketones (excluding diaryl/α,β-unsaturated/α-hetero) is 1. The highest BCUT2D eigenvalue weighted by Gasteiger charge is 2.45. The van der Waals surface area contributed by atoms with Gasteiger partial charge in [-0.2, -0.15) is 0 Å². The van der Waals surface area contributed by atoms with E-state index in [0.29, 0.717) is 4.88 Å². The molecule has 0 saturated carbocycles. The lowest BCUT2D eigenvalue weighted by Crippen LogP contribution is -2.31. The SMILES string of the molecule is Cc1ccsc1C1C(C(=O)C(C)C)=C(O)C(=O)N1c1ccc(F)c(F)c1. The molecule has 0 saturated heterocycles. The number of carbonyl (C=O) groups is 2. The smallest absolute Gasteiger partial charge is 0.294 e. The molecule has 0 radical (unpaired) electrons. The minimum Gasteiger partial charge on any atom is -0.503 e. The predicted octanol–water partition coefficient (Wildman–Crippen LogP) is 4.46. The molecule has 0 aliphatic carbocycles. The minimum absolute atomic E-state index is 0.0136. The van der Waals surface area contributed by atoms with Crippen molar-refractivity contribution in [2.24, 2.45) is 5.92 Å². The van der Waals surface area contributed by atoms with E-state index in [1.165, 1.54) is 17.4 Å². The standard InChI is InChI=1S/C19H17F2NO3S/c1-9(2)16(23)14-15(18-10(3)6-7-26-18)22(19(25)17(14)24)11-4-5-12(20)13(21)8-11/h4-9,15,24H,1-3H3. The van der Waals surface area contributed by atoms with Gasteiger partial charge in [0, 0.05) is 22.5 Å². The average molecular weight is 377 g/mol. The summed E-state index contributed by atoms with van der Waals surface area (Å²) < 4.78 is 27.1. The van der Waals surface area contributed by atoms with Crippen LogP contribution in [0.3, 0.4) is 0 Å². The third-order valence-electron chi connectivity index (χ3n) is 4.33. The number of aliphatic hydroxyl groups is 1. The fourth-order valence-electron chi connectivity index (χ4n) is 2.98. The predicted molar refractivity (Wildman–Crippen MR) is 95.1 cm³/mol. The molecule has 1 aliphatic rings. The molecule has 1 aromatic carbocycles. The second kappa shape index (κ2) is 6.64. The van der Waals surface area contributed by atoms with Crippen LogP contribution in [0.2, 0.25) is 0 Å². The van der Waals surface area contributed by atoms with Crippen molar-refractivity contribution in [3.63, 3.8) is 0 Å². The van der Waals surface area contributed by atoms with Gasteiger partial charge in [-0.1, -0.05) is 13.8 Å². The summed E-state index contributed by atoms with van der Waals surface area (Å²) >= 11 is 1.33. The lowest BCUT2D eigenvalue weighted by atomic mass is 9.93. The molecule has 1 N–H and O–H groups in total. The third-order valence-corrected chi connectivity index (χ3v) is 5.40. The molecule has 1 amide bonds. The molecule has 2 heterocycles. The van der Waals surface area contributed by atoms with E-state index in [9.17, 15) is 23.5 Å². The first-order valence-corrected chi connectivity index (χ1v) is 8.92. The van der Waals surface area contributed by atoms with Crippen molar-refractivity contribution in [2.45, 2.75) is 26.8 Å². The molecule has 3 rings (SSSR count). The van der Waals surface area contributed by atoms with E-state index in [-0.39, 0.29) is 17.0 Å². The van der Waals surface area contributed by atoms with Crippen molar-refractivity contribution in [3.8, 4) is 0 Å². The first-order valence-electron chi connectivity index (χ1n) is 8.04. The summed E-state index contributed by atoms with van der Waals surface area (Å²) in [5, 5.41) is 12.2. The van der Waals surface area contributed by atoms with Crippen LogP contribution in [0.4, 0.5) is 14.5 Å². The highest BCUT2D eigenvalue weighted by atomic mass is 32.1. The fraction of sp³-hybridized carbons (Fsp3) is 0.263. The number of aliphatic hydroxyl groups excluding tert-OH is 1. The third kappa shape index (κ3) is 2.82. The van der Waals surface area contributed by atoms with Crippen LogP contribution in [0, 0.1) is 24.5 Å². The van der Waals surface area contributed by atoms with Crippen LogP contribution in [0.1, 0.15) is 30.3 Å². The van der Waals surface area contributed by atoms with E-state index < -0.39 is 35.3 Å². The van der Waals surface area contributed by atoms with Gasteiger partial charge >= 0.3 is 0 Å². The van der Waals surface area contributed by atoms with Gasteiger partial charge in [0.1, 0.15) is 6.04 Å². The summed E-state index contributed by atoms with van der Waals surface area (Å²) in [5.74, 6) is -4.41. The normalized spacial score (nSPS) is 17.5. The molecule has 1 aliphatic heterocycles. The van der Waals surface area contributed by atoms with Gasteiger partial charge in [-0.25, -0.2) is 8.78 Å². The van der Waals surface area contributed by atoms with Gasteiger partial charge < -0.3 is 5.11 Å². The van der Waals surface area contributed by atoms with Crippen LogP contribution in [0.15, 0.2) is 41.0 Å². The van der Waals surface area contributed by atoms with Gasteiger partial charge in [0.15, 0.2) is 23.2 Å². The molecule has 0 fully saturated rings. The number of ketones is 1. The number of rotatable bonds is 4. The highest BCUT2D eigenvalue weighted by Crippen LogP contribution is 2.44. The summed E-state index contributed by atoms with van der Waals surface area (Å²) in [4.78, 5) is 27.2. The zero-order valence-electron chi connectivity index (χ0n) is 14.4. The second-order valence-electron chi connectivity index (χ2n) is 6.43. The molecular weight excluding hydrogens is 360 g/mol. The summed E-state index contributed by atoms with van der Waals surface area (Å²) in [6, 6.07) is 4.01. The molecule has 4 nitrogen and oxygen atoms in total. The lowest BCUT2D eigenvalue weighted by molar-refractivity contribution is -0.119. The number of hydrogen-bond acceptors (Lipinski definition) is 4. The molecule has 1 unspecified atom stereocenters. The number of carbonyl (C=O) groups excluding carboxylic acids is 2. The molecule has 1 aromatic heterocycles. The number of aryl methyl sites for hydroxylation is 1. The Bertz CT molecular complexity index is 933. The molecule has 26 heavy (non-hydrogen) atoms. The van der Waals surface area contributed by atoms with E-state index in [4.69, 9.17) is 0 Å². The minimum atomic E-state index is -1.11. The molecule has 0 bridgehead atoms. The number of thiophene rings is 1. The lowest BCUT2D eigenvalue weighted by Gasteiger charge is -2.27. The Kier molecular flexibility index (Phi) is 4.66. The summed E-state index contributed by atoms with van der Waals surface area (Å²) in [6.45, 7) is 5.17. The fourth-order valence-corrected chi connectivity index (χ4v) is 4.01. The van der Waals surface area contributed by atoms with Crippen LogP contribution in [0.25, 0.3) is 0 Å². The first-order chi connectivity index (χ1) is 12.2. The van der Waals surface area contributed by atoms with Gasteiger partial charge in [-0.05, 0) is 36.1 Å². The zero-order valence-corrected chi connectivity index (χ0v) is 15.2. The van der Waals surface area contributed by atoms with E-state index >= 15 is 0 Å². The van der Waals surface area contributed by atoms with Crippen molar-refractivity contribution >= 4 is 28.7 Å². The zero-order chi connectivity index (χ0) is 19.2. The number of benzene rings is 1. The van der Waals surface area contributed by atoms with Crippen LogP contribution in [0.5, 0.6) is 0 Å². The summed E-state index contributed by atoms with van der Waals surface area (Å²) in [6.07, 6.45) is 0. The number of nitrogens with zero attached hydrogens (tertiary/aromatic N) is 1. The Labute approximate surface area is 153 Å². The van der Waals surface area contributed by atoms with E-state index in [2.05, 4.69) is 0 Å². The Balaban J connectivity index is 2.21. The largest absolute Gasteiger partial charge is 0.503 e. The Hall–Kier alpha value is -2.54. The maximum atomic E-state index is 13.7. The number of anilines is 1. The molecule has 1 atom stereocenters. The van der Waals surface area contributed by atoms with Crippen molar-refractivity contribution in [1.29, 1.82) is 0 Å². The molecular formula is C19H17F2NO3S. The average Bonchev–Trinajstić information content (AvgIpc) is 3.11. The Morgan fingerprint density at radius 2 is 1.92 bits per heavy atom. The monoisotopic (exact) mass is 377 g/mol. The van der Waals surface area contributed by atoms with E-state index in [1.54, 1.807) is 13.8 Å². The van der Waals surface area contributed by atoms with E-state index in [1.807, 2.05) is 18.4 Å². The van der Waals surface area contributed by atoms with Gasteiger partial charge in [0.05, 0.1) is 5.57 Å². The maximum Gasteiger partial charge on any atom is 0.294 e. The van der Waals surface area contributed by atoms with Gasteiger partial charge in [-0.15, -0.1) is 11.3 Å². The van der Waals surface area contributed by atoms with Crippen LogP contribution in [-0.4, -0.2) is 16.8 Å². The quantitative estimate of drug-likeness (QED) is 0.856.